The van der Waals surface area contributed by atoms with Crippen molar-refractivity contribution in [2.45, 2.75) is 10.9 Å². The van der Waals surface area contributed by atoms with Gasteiger partial charge in [-0.15, -0.1) is 10.2 Å². The Hall–Kier alpha value is -2.85. The van der Waals surface area contributed by atoms with Gasteiger partial charge < -0.3 is 5.84 Å². The van der Waals surface area contributed by atoms with Gasteiger partial charge in [-0.2, -0.15) is 5.26 Å². The molecule has 0 saturated heterocycles. The molecule has 3 rings (SSSR count). The second-order valence-electron chi connectivity index (χ2n) is 4.76. The van der Waals surface area contributed by atoms with Gasteiger partial charge in [-0.25, -0.2) is 9.07 Å². The molecule has 0 unspecified atom stereocenters. The lowest BCUT2D eigenvalue weighted by Crippen LogP contribution is -2.12. The number of thioether (sulfide) groups is 1. The first-order chi connectivity index (χ1) is 11.2. The minimum Gasteiger partial charge on any atom is -0.335 e. The van der Waals surface area contributed by atoms with Crippen LogP contribution in [0.4, 0.5) is 4.39 Å². The zero-order valence-corrected chi connectivity index (χ0v) is 12.8. The molecule has 1 aromatic heterocycles. The van der Waals surface area contributed by atoms with Crippen LogP contribution in [0.15, 0.2) is 53.7 Å². The third kappa shape index (κ3) is 3.17. The first kappa shape index (κ1) is 15.1. The van der Waals surface area contributed by atoms with Crippen LogP contribution in [-0.4, -0.2) is 14.9 Å². The third-order valence-corrected chi connectivity index (χ3v) is 4.22. The van der Waals surface area contributed by atoms with Crippen molar-refractivity contribution in [1.82, 2.24) is 14.9 Å². The van der Waals surface area contributed by atoms with Crippen LogP contribution in [0.3, 0.4) is 0 Å². The molecule has 23 heavy (non-hydrogen) atoms. The van der Waals surface area contributed by atoms with Crippen molar-refractivity contribution in [2.75, 3.05) is 5.84 Å². The fraction of sp³-hybridized carbons (Fsp3) is 0.0625. The third-order valence-electron chi connectivity index (χ3n) is 3.20. The first-order valence-electron chi connectivity index (χ1n) is 6.76. The normalized spacial score (nSPS) is 10.4. The second kappa shape index (κ2) is 6.50. The van der Waals surface area contributed by atoms with E-state index in [9.17, 15) is 4.39 Å². The molecular weight excluding hydrogens is 313 g/mol. The largest absolute Gasteiger partial charge is 0.335 e. The Morgan fingerprint density at radius 2 is 2.00 bits per heavy atom. The molecule has 1 heterocycles. The van der Waals surface area contributed by atoms with E-state index in [0.29, 0.717) is 22.0 Å². The topological polar surface area (TPSA) is 80.5 Å². The standard InChI is InChI=1S/C16H12FN5S/c17-14-7-2-1-6-13(14)15-20-21-16(22(15)19)23-10-12-5-3-4-11(8-12)9-18/h1-8H,10,19H2. The van der Waals surface area contributed by atoms with Crippen LogP contribution in [-0.2, 0) is 5.75 Å². The quantitative estimate of drug-likeness (QED) is 0.589. The summed E-state index contributed by atoms with van der Waals surface area (Å²) in [4.78, 5) is 0. The molecule has 0 saturated carbocycles. The summed E-state index contributed by atoms with van der Waals surface area (Å²) in [5.41, 5.74) is 1.88. The zero-order chi connectivity index (χ0) is 16.2. The fourth-order valence-corrected chi connectivity index (χ4v) is 2.88. The average molecular weight is 325 g/mol. The van der Waals surface area contributed by atoms with Crippen molar-refractivity contribution in [2.24, 2.45) is 0 Å². The van der Waals surface area contributed by atoms with Gasteiger partial charge >= 0.3 is 0 Å². The Morgan fingerprint density at radius 3 is 2.78 bits per heavy atom. The number of aromatic nitrogens is 3. The number of halogens is 1. The monoisotopic (exact) mass is 325 g/mol. The molecule has 0 fully saturated rings. The minimum atomic E-state index is -0.398. The molecule has 0 amide bonds. The van der Waals surface area contributed by atoms with Crippen LogP contribution in [0.1, 0.15) is 11.1 Å². The zero-order valence-electron chi connectivity index (χ0n) is 12.0. The van der Waals surface area contributed by atoms with Crippen LogP contribution in [0.25, 0.3) is 11.4 Å². The van der Waals surface area contributed by atoms with Crippen LogP contribution < -0.4 is 5.84 Å². The van der Waals surface area contributed by atoms with Crippen LogP contribution in [0, 0.1) is 17.1 Å². The average Bonchev–Trinajstić information content (AvgIpc) is 2.94. The van der Waals surface area contributed by atoms with Crippen LogP contribution in [0.5, 0.6) is 0 Å². The number of rotatable bonds is 4. The summed E-state index contributed by atoms with van der Waals surface area (Å²) >= 11 is 1.37. The maximum Gasteiger partial charge on any atom is 0.210 e. The molecule has 7 heteroatoms. The minimum absolute atomic E-state index is 0.274. The van der Waals surface area contributed by atoms with Crippen molar-refractivity contribution in [3.05, 3.63) is 65.5 Å². The number of nitrogen functional groups attached to an aromatic ring is 1. The predicted molar refractivity (Wildman–Crippen MR) is 86.3 cm³/mol. The lowest BCUT2D eigenvalue weighted by molar-refractivity contribution is 0.629. The van der Waals surface area contributed by atoms with E-state index in [2.05, 4.69) is 16.3 Å². The Morgan fingerprint density at radius 1 is 1.17 bits per heavy atom. The molecule has 0 aliphatic carbocycles. The van der Waals surface area contributed by atoms with Gasteiger partial charge in [0.05, 0.1) is 17.2 Å². The van der Waals surface area contributed by atoms with Gasteiger partial charge in [-0.1, -0.05) is 36.0 Å². The number of nitriles is 1. The highest BCUT2D eigenvalue weighted by molar-refractivity contribution is 7.98. The molecule has 114 valence electrons. The first-order valence-corrected chi connectivity index (χ1v) is 7.75. The maximum atomic E-state index is 13.8. The molecule has 0 spiro atoms. The number of nitrogens with two attached hydrogens (primary N) is 1. The Bertz CT molecular complexity index is 884. The highest BCUT2D eigenvalue weighted by atomic mass is 32.2. The van der Waals surface area contributed by atoms with Crippen LogP contribution in [0.2, 0.25) is 0 Å². The van der Waals surface area contributed by atoms with Gasteiger partial charge in [-0.05, 0) is 29.8 Å². The van der Waals surface area contributed by atoms with Crippen molar-refractivity contribution in [1.29, 1.82) is 5.26 Å². The number of hydrogen-bond donors (Lipinski definition) is 1. The van der Waals surface area contributed by atoms with E-state index in [4.69, 9.17) is 11.1 Å². The molecule has 2 N–H and O–H groups in total. The van der Waals surface area contributed by atoms with Gasteiger partial charge in [-0.3, -0.25) is 0 Å². The summed E-state index contributed by atoms with van der Waals surface area (Å²) in [6, 6.07) is 15.7. The van der Waals surface area contributed by atoms with E-state index in [-0.39, 0.29) is 5.82 Å². The summed E-state index contributed by atoms with van der Waals surface area (Å²) in [6.45, 7) is 0. The summed E-state index contributed by atoms with van der Waals surface area (Å²) in [6.07, 6.45) is 0. The molecule has 0 atom stereocenters. The molecule has 0 bridgehead atoms. The van der Waals surface area contributed by atoms with E-state index >= 15 is 0 Å². The number of nitrogens with zero attached hydrogens (tertiary/aromatic N) is 4. The molecule has 5 nitrogen and oxygen atoms in total. The van der Waals surface area contributed by atoms with Gasteiger partial charge in [0.25, 0.3) is 0 Å². The predicted octanol–water partition coefficient (Wildman–Crippen LogP) is 2.96. The molecule has 2 aromatic carbocycles. The van der Waals surface area contributed by atoms with Gasteiger partial charge in [0.1, 0.15) is 5.82 Å². The fourth-order valence-electron chi connectivity index (χ4n) is 2.08. The summed E-state index contributed by atoms with van der Waals surface area (Å²) in [7, 11) is 0. The van der Waals surface area contributed by atoms with Crippen LogP contribution >= 0.6 is 11.8 Å². The second-order valence-corrected chi connectivity index (χ2v) is 5.70. The number of benzene rings is 2. The Labute approximate surface area is 136 Å². The summed E-state index contributed by atoms with van der Waals surface area (Å²) in [5.74, 6) is 6.44. The SMILES string of the molecule is N#Cc1cccc(CSc2nnc(-c3ccccc3F)n2N)c1. The summed E-state index contributed by atoms with van der Waals surface area (Å²) < 4.78 is 15.1. The van der Waals surface area contributed by atoms with Crippen molar-refractivity contribution in [3.8, 4) is 17.5 Å². The number of hydrogen-bond acceptors (Lipinski definition) is 5. The molecule has 0 radical (unpaired) electrons. The molecule has 3 aromatic rings. The molecule has 0 aliphatic heterocycles. The van der Waals surface area contributed by atoms with E-state index in [1.807, 2.05) is 18.2 Å². The Kier molecular flexibility index (Phi) is 4.26. The molecule has 0 aliphatic rings. The maximum absolute atomic E-state index is 13.8. The van der Waals surface area contributed by atoms with E-state index in [1.165, 1.54) is 22.5 Å². The smallest absolute Gasteiger partial charge is 0.210 e. The highest BCUT2D eigenvalue weighted by Gasteiger charge is 2.15. The van der Waals surface area contributed by atoms with Gasteiger partial charge in [0.15, 0.2) is 5.82 Å². The van der Waals surface area contributed by atoms with E-state index in [0.717, 1.165) is 5.56 Å². The van der Waals surface area contributed by atoms with Gasteiger partial charge in [0, 0.05) is 5.75 Å². The van der Waals surface area contributed by atoms with Crippen molar-refractivity contribution < 1.29 is 4.39 Å². The van der Waals surface area contributed by atoms with E-state index in [1.54, 1.807) is 24.3 Å². The van der Waals surface area contributed by atoms with Crippen molar-refractivity contribution in [3.63, 3.8) is 0 Å². The lowest BCUT2D eigenvalue weighted by atomic mass is 10.2. The molecular formula is C16H12FN5S. The lowest BCUT2D eigenvalue weighted by Gasteiger charge is -2.05. The Balaban J connectivity index is 1.80. The summed E-state index contributed by atoms with van der Waals surface area (Å²) in [5, 5.41) is 17.4. The van der Waals surface area contributed by atoms with Crippen molar-refractivity contribution >= 4 is 11.8 Å². The van der Waals surface area contributed by atoms with E-state index < -0.39 is 5.82 Å². The van der Waals surface area contributed by atoms with Gasteiger partial charge in [0.2, 0.25) is 5.16 Å². The highest BCUT2D eigenvalue weighted by Crippen LogP contribution is 2.25.